The SMILES string of the molecule is C#CCCC(=O)c1ccc2oc(C)cc2c1. The fourth-order valence-electron chi connectivity index (χ4n) is 1.68. The molecule has 0 fully saturated rings. The molecule has 16 heavy (non-hydrogen) atoms. The van der Waals surface area contributed by atoms with Gasteiger partial charge in [0.2, 0.25) is 0 Å². The van der Waals surface area contributed by atoms with Crippen molar-refractivity contribution in [3.8, 4) is 12.3 Å². The lowest BCUT2D eigenvalue weighted by Gasteiger charge is -1.98. The third-order valence-electron chi connectivity index (χ3n) is 2.46. The number of furan rings is 1. The van der Waals surface area contributed by atoms with Crippen molar-refractivity contribution >= 4 is 16.8 Å². The Morgan fingerprint density at radius 1 is 1.44 bits per heavy atom. The number of terminal acetylenes is 1. The highest BCUT2D eigenvalue weighted by atomic mass is 16.3. The maximum absolute atomic E-state index is 11.7. The van der Waals surface area contributed by atoms with Crippen LogP contribution in [0.5, 0.6) is 0 Å². The Balaban J connectivity index is 2.32. The molecule has 0 aliphatic rings. The number of Topliss-reactive ketones (excluding diaryl/α,β-unsaturated/α-hetero) is 1. The third-order valence-corrected chi connectivity index (χ3v) is 2.46. The average Bonchev–Trinajstić information content (AvgIpc) is 2.64. The van der Waals surface area contributed by atoms with E-state index in [9.17, 15) is 4.79 Å². The van der Waals surface area contributed by atoms with Gasteiger partial charge in [0.15, 0.2) is 5.78 Å². The molecule has 0 aliphatic carbocycles. The summed E-state index contributed by atoms with van der Waals surface area (Å²) < 4.78 is 5.44. The monoisotopic (exact) mass is 212 g/mol. The largest absolute Gasteiger partial charge is 0.461 e. The van der Waals surface area contributed by atoms with Gasteiger partial charge in [0, 0.05) is 23.8 Å². The summed E-state index contributed by atoms with van der Waals surface area (Å²) >= 11 is 0. The number of ketones is 1. The molecule has 2 nitrogen and oxygen atoms in total. The van der Waals surface area contributed by atoms with Crippen LogP contribution in [0.2, 0.25) is 0 Å². The van der Waals surface area contributed by atoms with Crippen LogP contribution in [0.4, 0.5) is 0 Å². The van der Waals surface area contributed by atoms with Crippen molar-refractivity contribution in [2.45, 2.75) is 19.8 Å². The van der Waals surface area contributed by atoms with Crippen molar-refractivity contribution in [2.24, 2.45) is 0 Å². The van der Waals surface area contributed by atoms with E-state index in [1.165, 1.54) is 0 Å². The standard InChI is InChI=1S/C14H12O2/c1-3-4-5-13(15)11-6-7-14-12(9-11)8-10(2)16-14/h1,6-9H,4-5H2,2H3. The maximum Gasteiger partial charge on any atom is 0.163 e. The van der Waals surface area contributed by atoms with Crippen LogP contribution in [0.15, 0.2) is 28.7 Å². The lowest BCUT2D eigenvalue weighted by molar-refractivity contribution is 0.0984. The van der Waals surface area contributed by atoms with Crippen LogP contribution in [0.1, 0.15) is 29.0 Å². The number of aryl methyl sites for hydroxylation is 1. The molecule has 2 rings (SSSR count). The summed E-state index contributed by atoms with van der Waals surface area (Å²) in [7, 11) is 0. The van der Waals surface area contributed by atoms with E-state index in [1.807, 2.05) is 25.1 Å². The molecule has 0 bridgehead atoms. The van der Waals surface area contributed by atoms with Crippen molar-refractivity contribution in [1.29, 1.82) is 0 Å². The summed E-state index contributed by atoms with van der Waals surface area (Å²) in [6.45, 7) is 1.89. The number of benzene rings is 1. The fraction of sp³-hybridized carbons (Fsp3) is 0.214. The summed E-state index contributed by atoms with van der Waals surface area (Å²) in [6, 6.07) is 7.38. The molecule has 0 unspecified atom stereocenters. The lowest BCUT2D eigenvalue weighted by atomic mass is 10.1. The van der Waals surface area contributed by atoms with Crippen LogP contribution in [0, 0.1) is 19.3 Å². The molecule has 0 radical (unpaired) electrons. The van der Waals surface area contributed by atoms with Crippen LogP contribution in [-0.4, -0.2) is 5.78 Å². The predicted molar refractivity (Wildman–Crippen MR) is 63.3 cm³/mol. The van der Waals surface area contributed by atoms with Gasteiger partial charge in [-0.3, -0.25) is 4.79 Å². The van der Waals surface area contributed by atoms with Gasteiger partial charge in [0.1, 0.15) is 11.3 Å². The topological polar surface area (TPSA) is 30.2 Å². The van der Waals surface area contributed by atoms with E-state index in [2.05, 4.69) is 5.92 Å². The van der Waals surface area contributed by atoms with E-state index >= 15 is 0 Å². The highest BCUT2D eigenvalue weighted by molar-refractivity contribution is 5.99. The molecule has 2 heteroatoms. The Morgan fingerprint density at radius 2 is 2.25 bits per heavy atom. The van der Waals surface area contributed by atoms with Gasteiger partial charge in [-0.15, -0.1) is 12.3 Å². The number of hydrogen-bond donors (Lipinski definition) is 0. The normalized spacial score (nSPS) is 10.2. The fourth-order valence-corrected chi connectivity index (χ4v) is 1.68. The molecule has 0 atom stereocenters. The summed E-state index contributed by atoms with van der Waals surface area (Å²) in [5.41, 5.74) is 1.51. The van der Waals surface area contributed by atoms with E-state index in [-0.39, 0.29) is 5.78 Å². The van der Waals surface area contributed by atoms with Gasteiger partial charge in [-0.2, -0.15) is 0 Å². The molecule has 0 saturated heterocycles. The molecular formula is C14H12O2. The van der Waals surface area contributed by atoms with Crippen LogP contribution in [0.25, 0.3) is 11.0 Å². The van der Waals surface area contributed by atoms with Crippen molar-refractivity contribution < 1.29 is 9.21 Å². The quantitative estimate of drug-likeness (QED) is 0.577. The first-order valence-corrected chi connectivity index (χ1v) is 5.17. The zero-order chi connectivity index (χ0) is 11.5. The molecule has 0 aliphatic heterocycles. The summed E-state index contributed by atoms with van der Waals surface area (Å²) in [5, 5.41) is 0.962. The molecule has 2 aromatic rings. The van der Waals surface area contributed by atoms with Crippen molar-refractivity contribution in [1.82, 2.24) is 0 Å². The van der Waals surface area contributed by atoms with E-state index in [0.29, 0.717) is 18.4 Å². The lowest BCUT2D eigenvalue weighted by Crippen LogP contribution is -1.97. The number of rotatable bonds is 3. The van der Waals surface area contributed by atoms with Gasteiger partial charge in [-0.25, -0.2) is 0 Å². The number of fused-ring (bicyclic) bond motifs is 1. The summed E-state index contributed by atoms with van der Waals surface area (Å²) in [6.07, 6.45) is 6.02. The minimum absolute atomic E-state index is 0.0821. The van der Waals surface area contributed by atoms with E-state index in [1.54, 1.807) is 6.07 Å². The van der Waals surface area contributed by atoms with Gasteiger partial charge >= 0.3 is 0 Å². The predicted octanol–water partition coefficient (Wildman–Crippen LogP) is 3.34. The molecule has 0 saturated carbocycles. The second-order valence-corrected chi connectivity index (χ2v) is 3.74. The van der Waals surface area contributed by atoms with Gasteiger partial charge in [-0.05, 0) is 31.2 Å². The second kappa shape index (κ2) is 4.24. The number of carbonyl (C=O) groups is 1. The third kappa shape index (κ3) is 1.99. The van der Waals surface area contributed by atoms with E-state index in [4.69, 9.17) is 10.8 Å². The summed E-state index contributed by atoms with van der Waals surface area (Å²) in [5.74, 6) is 3.40. The van der Waals surface area contributed by atoms with Crippen molar-refractivity contribution in [3.05, 3.63) is 35.6 Å². The smallest absolute Gasteiger partial charge is 0.163 e. The molecule has 0 N–H and O–H groups in total. The first-order valence-electron chi connectivity index (χ1n) is 5.17. The van der Waals surface area contributed by atoms with Crippen LogP contribution in [-0.2, 0) is 0 Å². The van der Waals surface area contributed by atoms with Gasteiger partial charge in [0.25, 0.3) is 0 Å². The maximum atomic E-state index is 11.7. The zero-order valence-electron chi connectivity index (χ0n) is 9.12. The molecule has 0 amide bonds. The summed E-state index contributed by atoms with van der Waals surface area (Å²) in [4.78, 5) is 11.7. The Hall–Kier alpha value is -2.01. The molecular weight excluding hydrogens is 200 g/mol. The molecule has 1 aromatic carbocycles. The minimum atomic E-state index is 0.0821. The molecule has 80 valence electrons. The second-order valence-electron chi connectivity index (χ2n) is 3.74. The highest BCUT2D eigenvalue weighted by Crippen LogP contribution is 2.21. The van der Waals surface area contributed by atoms with Gasteiger partial charge in [-0.1, -0.05) is 0 Å². The molecule has 0 spiro atoms. The Labute approximate surface area is 94.3 Å². The van der Waals surface area contributed by atoms with Crippen molar-refractivity contribution in [2.75, 3.05) is 0 Å². The van der Waals surface area contributed by atoms with Gasteiger partial charge in [0.05, 0.1) is 0 Å². The Bertz CT molecular complexity index is 570. The molecule has 1 heterocycles. The Kier molecular flexibility index (Phi) is 2.78. The Morgan fingerprint density at radius 3 is 3.00 bits per heavy atom. The zero-order valence-corrected chi connectivity index (χ0v) is 9.12. The first-order chi connectivity index (χ1) is 7.70. The van der Waals surface area contributed by atoms with Crippen LogP contribution >= 0.6 is 0 Å². The van der Waals surface area contributed by atoms with Gasteiger partial charge < -0.3 is 4.42 Å². The van der Waals surface area contributed by atoms with E-state index in [0.717, 1.165) is 16.7 Å². The molecule has 1 aromatic heterocycles. The number of carbonyl (C=O) groups excluding carboxylic acids is 1. The minimum Gasteiger partial charge on any atom is -0.461 e. The van der Waals surface area contributed by atoms with E-state index < -0.39 is 0 Å². The number of hydrogen-bond acceptors (Lipinski definition) is 2. The average molecular weight is 212 g/mol. The first kappa shape index (κ1) is 10.5. The van der Waals surface area contributed by atoms with Crippen molar-refractivity contribution in [3.63, 3.8) is 0 Å². The van der Waals surface area contributed by atoms with Crippen LogP contribution < -0.4 is 0 Å². The van der Waals surface area contributed by atoms with Crippen LogP contribution in [0.3, 0.4) is 0 Å². The highest BCUT2D eigenvalue weighted by Gasteiger charge is 2.07.